The minimum atomic E-state index is -0.557. The SMILES string of the molecule is C[C@H]1[C@H](C)CC[C@]2(C(=O)O)CC[C@]3(C)C(=CC[C@@H]4[C@@]5(C)CC[C@H](O)C(C)(C)[C@@H]5CC[C@]43C)[C@H]12.[H-].[K+]. The van der Waals surface area contributed by atoms with E-state index in [0.29, 0.717) is 23.7 Å². The Hall–Kier alpha value is 0.806. The average Bonchev–Trinajstić information content (AvgIpc) is 2.74. The molecule has 0 aliphatic heterocycles. The molecule has 0 saturated heterocycles. The second-order valence-electron chi connectivity index (χ2n) is 14.5. The van der Waals surface area contributed by atoms with Crippen LogP contribution in [0, 0.1) is 56.7 Å². The smallest absolute Gasteiger partial charge is 1.00 e. The Labute approximate surface area is 252 Å². The number of carboxylic acids is 1. The van der Waals surface area contributed by atoms with Gasteiger partial charge in [0.1, 0.15) is 0 Å². The van der Waals surface area contributed by atoms with Gasteiger partial charge >= 0.3 is 57.4 Å². The standard InChI is InChI=1S/C30H48O3.K.H/c1-18-10-15-30(25(32)33)17-16-28(6)20(24(30)19(18)2)8-9-22-27(5)13-12-23(31)26(3,4)21(27)11-14-29(22,28)7;;/h8,18-19,21-24,31H,9-17H2,1-7H3,(H,32,33);;/q;+1;-1/t18-,19+,21+,22-,23+,24+,27+,28-,29-,30+;;/m1../s1. The van der Waals surface area contributed by atoms with Gasteiger partial charge in [0.15, 0.2) is 0 Å². The van der Waals surface area contributed by atoms with Crippen molar-refractivity contribution in [1.82, 2.24) is 0 Å². The van der Waals surface area contributed by atoms with Gasteiger partial charge in [0.05, 0.1) is 11.5 Å². The number of allylic oxidation sites excluding steroid dienone is 2. The maximum Gasteiger partial charge on any atom is 1.00 e. The fraction of sp³-hybridized carbons (Fsp3) is 0.900. The molecule has 2 N–H and O–H groups in total. The molecule has 0 unspecified atom stereocenters. The topological polar surface area (TPSA) is 57.5 Å². The number of carbonyl (C=O) groups is 1. The van der Waals surface area contributed by atoms with Gasteiger partial charge in [0, 0.05) is 0 Å². The monoisotopic (exact) mass is 496 g/mol. The predicted octanol–water partition coefficient (Wildman–Crippen LogP) is 4.21. The zero-order valence-electron chi connectivity index (χ0n) is 24.2. The Balaban J connectivity index is 0.00000171. The quantitative estimate of drug-likeness (QED) is 0.422. The third kappa shape index (κ3) is 3.33. The molecule has 0 spiro atoms. The van der Waals surface area contributed by atoms with Crippen LogP contribution in [0.25, 0.3) is 0 Å². The molecule has 5 aliphatic carbocycles. The molecule has 10 atom stereocenters. The van der Waals surface area contributed by atoms with Gasteiger partial charge in [0.2, 0.25) is 0 Å². The molecule has 3 nitrogen and oxygen atoms in total. The van der Waals surface area contributed by atoms with Gasteiger partial charge < -0.3 is 11.6 Å². The van der Waals surface area contributed by atoms with E-state index in [0.717, 1.165) is 44.9 Å². The number of rotatable bonds is 1. The van der Waals surface area contributed by atoms with E-state index in [2.05, 4.69) is 54.5 Å². The summed E-state index contributed by atoms with van der Waals surface area (Å²) in [5, 5.41) is 21.4. The summed E-state index contributed by atoms with van der Waals surface area (Å²) in [6.45, 7) is 17.0. The summed E-state index contributed by atoms with van der Waals surface area (Å²) in [5.74, 6) is 1.82. The zero-order chi connectivity index (χ0) is 24.2. The number of fused-ring (bicyclic) bond motifs is 7. The van der Waals surface area contributed by atoms with E-state index in [-0.39, 0.29) is 86.5 Å². The molecular formula is C30H49KO3. The van der Waals surface area contributed by atoms with Crippen molar-refractivity contribution < 1.29 is 67.8 Å². The van der Waals surface area contributed by atoms with Crippen LogP contribution < -0.4 is 51.4 Å². The molecule has 4 saturated carbocycles. The summed E-state index contributed by atoms with van der Waals surface area (Å²) >= 11 is 0. The van der Waals surface area contributed by atoms with Crippen molar-refractivity contribution >= 4 is 5.97 Å². The van der Waals surface area contributed by atoms with Crippen molar-refractivity contribution in [2.24, 2.45) is 56.7 Å². The first-order valence-electron chi connectivity index (χ1n) is 13.9. The van der Waals surface area contributed by atoms with E-state index < -0.39 is 11.4 Å². The van der Waals surface area contributed by atoms with E-state index in [9.17, 15) is 15.0 Å². The largest absolute Gasteiger partial charge is 1.00 e. The van der Waals surface area contributed by atoms with Gasteiger partial charge in [-0.3, -0.25) is 4.79 Å². The van der Waals surface area contributed by atoms with Crippen LogP contribution in [0.2, 0.25) is 0 Å². The van der Waals surface area contributed by atoms with Crippen molar-refractivity contribution in [2.45, 2.75) is 112 Å². The summed E-state index contributed by atoms with van der Waals surface area (Å²) in [6.07, 6.45) is 11.6. The first kappa shape index (κ1) is 27.8. The molecule has 0 aromatic carbocycles. The second-order valence-corrected chi connectivity index (χ2v) is 14.5. The van der Waals surface area contributed by atoms with Crippen LogP contribution in [-0.4, -0.2) is 22.3 Å². The number of aliphatic hydroxyl groups excluding tert-OH is 1. The van der Waals surface area contributed by atoms with Crippen molar-refractivity contribution in [3.8, 4) is 0 Å². The van der Waals surface area contributed by atoms with Gasteiger partial charge in [-0.15, -0.1) is 0 Å². The van der Waals surface area contributed by atoms with Crippen LogP contribution in [-0.2, 0) is 4.79 Å². The zero-order valence-corrected chi connectivity index (χ0v) is 26.3. The van der Waals surface area contributed by atoms with E-state index in [1.807, 2.05) is 0 Å². The van der Waals surface area contributed by atoms with Gasteiger partial charge in [0.25, 0.3) is 0 Å². The van der Waals surface area contributed by atoms with Crippen molar-refractivity contribution in [3.63, 3.8) is 0 Å². The molecule has 0 radical (unpaired) electrons. The number of hydrogen-bond acceptors (Lipinski definition) is 2. The van der Waals surface area contributed by atoms with Crippen molar-refractivity contribution in [3.05, 3.63) is 11.6 Å². The van der Waals surface area contributed by atoms with Crippen LogP contribution in [0.3, 0.4) is 0 Å². The number of carboxylic acid groups (broad SMARTS) is 1. The molecule has 4 heteroatoms. The molecule has 5 aliphatic rings. The number of aliphatic carboxylic acids is 1. The molecular weight excluding hydrogens is 447 g/mol. The fourth-order valence-electron chi connectivity index (χ4n) is 10.8. The summed E-state index contributed by atoms with van der Waals surface area (Å²) in [7, 11) is 0. The van der Waals surface area contributed by atoms with E-state index >= 15 is 0 Å². The van der Waals surface area contributed by atoms with Gasteiger partial charge in [-0.25, -0.2) is 0 Å². The molecule has 0 bridgehead atoms. The van der Waals surface area contributed by atoms with E-state index in [4.69, 9.17) is 0 Å². The molecule has 0 aromatic heterocycles. The number of aliphatic hydroxyl groups is 1. The Morgan fingerprint density at radius 2 is 1.62 bits per heavy atom. The van der Waals surface area contributed by atoms with Gasteiger partial charge in [-0.2, -0.15) is 0 Å². The molecule has 34 heavy (non-hydrogen) atoms. The van der Waals surface area contributed by atoms with Gasteiger partial charge in [-0.1, -0.05) is 60.1 Å². The number of hydrogen-bond donors (Lipinski definition) is 2. The summed E-state index contributed by atoms with van der Waals surface area (Å²) < 4.78 is 0. The van der Waals surface area contributed by atoms with E-state index in [1.165, 1.54) is 18.4 Å². The maximum atomic E-state index is 12.8. The predicted molar refractivity (Wildman–Crippen MR) is 134 cm³/mol. The molecule has 0 amide bonds. The minimum absolute atomic E-state index is 0. The van der Waals surface area contributed by atoms with E-state index in [1.54, 1.807) is 0 Å². The Kier molecular flexibility index (Phi) is 7.09. The first-order chi connectivity index (χ1) is 15.3. The first-order valence-corrected chi connectivity index (χ1v) is 13.9. The summed E-state index contributed by atoms with van der Waals surface area (Å²) in [4.78, 5) is 12.8. The summed E-state index contributed by atoms with van der Waals surface area (Å²) in [6, 6.07) is 0. The maximum absolute atomic E-state index is 12.8. The third-order valence-electron chi connectivity index (χ3n) is 13.4. The Morgan fingerprint density at radius 3 is 2.26 bits per heavy atom. The van der Waals surface area contributed by atoms with Crippen LogP contribution in [0.15, 0.2) is 11.6 Å². The third-order valence-corrected chi connectivity index (χ3v) is 13.4. The second kappa shape index (κ2) is 8.66. The molecule has 188 valence electrons. The Morgan fingerprint density at radius 1 is 0.941 bits per heavy atom. The normalized spacial score (nSPS) is 53.7. The van der Waals surface area contributed by atoms with Crippen molar-refractivity contribution in [1.29, 1.82) is 0 Å². The average molecular weight is 497 g/mol. The van der Waals surface area contributed by atoms with Gasteiger partial charge in [-0.05, 0) is 109 Å². The Bertz CT molecular complexity index is 887. The van der Waals surface area contributed by atoms with Crippen molar-refractivity contribution in [2.75, 3.05) is 0 Å². The molecule has 0 heterocycles. The minimum Gasteiger partial charge on any atom is -1.00 e. The molecule has 4 fully saturated rings. The fourth-order valence-corrected chi connectivity index (χ4v) is 10.8. The van der Waals surface area contributed by atoms with Crippen LogP contribution in [0.1, 0.15) is 108 Å². The van der Waals surface area contributed by atoms with Crippen LogP contribution >= 0.6 is 0 Å². The van der Waals surface area contributed by atoms with Crippen LogP contribution in [0.4, 0.5) is 0 Å². The molecule has 5 rings (SSSR count). The van der Waals surface area contributed by atoms with Crippen LogP contribution in [0.5, 0.6) is 0 Å². The summed E-state index contributed by atoms with van der Waals surface area (Å²) in [5.41, 5.74) is 1.46. The molecule has 0 aromatic rings.